The van der Waals surface area contributed by atoms with Gasteiger partial charge in [0.25, 0.3) is 0 Å². The van der Waals surface area contributed by atoms with E-state index in [1.165, 1.54) is 35.8 Å². The van der Waals surface area contributed by atoms with Gasteiger partial charge in [0.1, 0.15) is 27.2 Å². The summed E-state index contributed by atoms with van der Waals surface area (Å²) in [6.07, 6.45) is 6.25. The molecule has 0 aliphatic carbocycles. The molecule has 1 aliphatic rings. The van der Waals surface area contributed by atoms with E-state index in [-0.39, 0.29) is 16.6 Å². The van der Waals surface area contributed by atoms with Gasteiger partial charge in [-0.2, -0.15) is 0 Å². The van der Waals surface area contributed by atoms with Crippen molar-refractivity contribution < 1.29 is 21.9 Å². The maximum Gasteiger partial charge on any atom is 0.227 e. The summed E-state index contributed by atoms with van der Waals surface area (Å²) in [4.78, 5) is 23.9. The fourth-order valence-corrected chi connectivity index (χ4v) is 8.04. The van der Waals surface area contributed by atoms with Gasteiger partial charge in [-0.1, -0.05) is 19.9 Å². The number of thiazole rings is 1. The largest absolute Gasteiger partial charge is 0.494 e. The number of benzene rings is 2. The lowest BCUT2D eigenvalue weighted by Crippen LogP contribution is -2.47. The molecule has 2 N–H and O–H groups in total. The zero-order valence-electron chi connectivity index (χ0n) is 29.5. The predicted molar refractivity (Wildman–Crippen MR) is 206 cm³/mol. The van der Waals surface area contributed by atoms with Crippen molar-refractivity contribution in [2.75, 3.05) is 66.8 Å². The molecule has 1 fully saturated rings. The monoisotopic (exact) mass is 766 g/mol. The highest BCUT2D eigenvalue weighted by molar-refractivity contribution is 8.00. The summed E-state index contributed by atoms with van der Waals surface area (Å²) in [5.41, 5.74) is 5.44. The summed E-state index contributed by atoms with van der Waals surface area (Å²) in [5, 5.41) is 4.27. The molecule has 0 spiro atoms. The van der Waals surface area contributed by atoms with Gasteiger partial charge in [-0.3, -0.25) is 9.88 Å². The van der Waals surface area contributed by atoms with Gasteiger partial charge in [0, 0.05) is 74.6 Å². The van der Waals surface area contributed by atoms with Gasteiger partial charge in [-0.25, -0.2) is 32.2 Å². The molecule has 274 valence electrons. The average molecular weight is 767 g/mol. The van der Waals surface area contributed by atoms with Crippen molar-refractivity contribution in [3.8, 4) is 27.6 Å². The summed E-state index contributed by atoms with van der Waals surface area (Å²) in [6, 6.07) is 11.5. The Kier molecular flexibility index (Phi) is 11.6. The second-order valence-electron chi connectivity index (χ2n) is 12.8. The third kappa shape index (κ3) is 8.97. The number of hydrogen-bond donors (Lipinski definition) is 2. The third-order valence-corrected chi connectivity index (χ3v) is 11.7. The van der Waals surface area contributed by atoms with E-state index in [2.05, 4.69) is 43.7 Å². The summed E-state index contributed by atoms with van der Waals surface area (Å²) < 4.78 is 60.5. The molecule has 1 aliphatic heterocycles. The van der Waals surface area contributed by atoms with E-state index in [1.54, 1.807) is 25.7 Å². The molecule has 11 nitrogen and oxygen atoms in total. The maximum absolute atomic E-state index is 14.2. The fourth-order valence-electron chi connectivity index (χ4n) is 5.73. The summed E-state index contributed by atoms with van der Waals surface area (Å²) in [7, 11) is -1.38. The Hall–Kier alpha value is -4.38. The van der Waals surface area contributed by atoms with Crippen LogP contribution in [0.2, 0.25) is 0 Å². The van der Waals surface area contributed by atoms with Crippen LogP contribution in [0.3, 0.4) is 0 Å². The highest BCUT2D eigenvalue weighted by atomic mass is 32.2. The second kappa shape index (κ2) is 16.1. The molecule has 0 radical (unpaired) electrons. The molecule has 0 saturated carbocycles. The number of nitrogens with zero attached hydrogens (tertiary/aromatic N) is 6. The van der Waals surface area contributed by atoms with Crippen LogP contribution in [0.25, 0.3) is 21.8 Å². The molecule has 2 aromatic carbocycles. The molecule has 1 saturated heterocycles. The van der Waals surface area contributed by atoms with Gasteiger partial charge in [0.2, 0.25) is 5.95 Å². The van der Waals surface area contributed by atoms with Crippen LogP contribution in [-0.4, -0.2) is 85.1 Å². The number of hydrogen-bond acceptors (Lipinski definition) is 13. The number of anilines is 4. The molecule has 0 bridgehead atoms. The summed E-state index contributed by atoms with van der Waals surface area (Å²) in [5.74, 6) is 0.0339. The first-order chi connectivity index (χ1) is 24.9. The zero-order valence-corrected chi connectivity index (χ0v) is 31.9. The number of rotatable bonds is 13. The number of pyridine rings is 1. The van der Waals surface area contributed by atoms with Crippen LogP contribution < -0.4 is 19.7 Å². The van der Waals surface area contributed by atoms with Gasteiger partial charge in [-0.15, -0.1) is 11.3 Å². The zero-order chi connectivity index (χ0) is 37.0. The quantitative estimate of drug-likeness (QED) is 0.116. The second-order valence-corrected chi connectivity index (χ2v) is 16.9. The van der Waals surface area contributed by atoms with E-state index in [1.807, 2.05) is 31.2 Å². The van der Waals surface area contributed by atoms with Crippen LogP contribution in [0.4, 0.5) is 31.8 Å². The van der Waals surface area contributed by atoms with Crippen molar-refractivity contribution in [3.05, 3.63) is 83.3 Å². The van der Waals surface area contributed by atoms with Crippen molar-refractivity contribution in [2.45, 2.75) is 31.6 Å². The van der Waals surface area contributed by atoms with Crippen molar-refractivity contribution in [2.24, 2.45) is 0 Å². The van der Waals surface area contributed by atoms with Crippen molar-refractivity contribution >= 4 is 56.1 Å². The first-order valence-electron chi connectivity index (χ1n) is 16.7. The number of piperazine rings is 1. The normalized spacial score (nSPS) is 13.8. The van der Waals surface area contributed by atoms with Crippen molar-refractivity contribution in [1.82, 2.24) is 24.8 Å². The molecule has 0 amide bonds. The van der Waals surface area contributed by atoms with Gasteiger partial charge in [0.05, 0.1) is 56.6 Å². The van der Waals surface area contributed by atoms with Crippen LogP contribution in [0, 0.1) is 18.6 Å². The minimum absolute atomic E-state index is 0.131. The Morgan fingerprint density at radius 3 is 2.48 bits per heavy atom. The lowest BCUT2D eigenvalue weighted by molar-refractivity contribution is 0.272. The average Bonchev–Trinajstić information content (AvgIpc) is 3.57. The molecule has 0 atom stereocenters. The number of nitrogens with one attached hydrogen (secondary N) is 2. The van der Waals surface area contributed by atoms with Gasteiger partial charge in [0.15, 0.2) is 0 Å². The minimum atomic E-state index is -3.00. The predicted octanol–water partition coefficient (Wildman–Crippen LogP) is 7.41. The molecule has 5 aromatic rings. The molecule has 3 aromatic heterocycles. The van der Waals surface area contributed by atoms with Gasteiger partial charge < -0.3 is 19.7 Å². The fraction of sp³-hybridized carbons (Fsp3) is 0.333. The lowest BCUT2D eigenvalue weighted by atomic mass is 10.1. The number of halogens is 2. The van der Waals surface area contributed by atoms with E-state index < -0.39 is 21.5 Å². The molecule has 0 unspecified atom stereocenters. The van der Waals surface area contributed by atoms with Crippen LogP contribution in [0.15, 0.2) is 66.0 Å². The number of methoxy groups -OCH3 is 1. The van der Waals surface area contributed by atoms with Crippen LogP contribution in [-0.2, 0) is 9.84 Å². The first kappa shape index (κ1) is 37.4. The number of aryl methyl sites for hydroxylation is 1. The van der Waals surface area contributed by atoms with Gasteiger partial charge in [-0.05, 0) is 54.8 Å². The lowest BCUT2D eigenvalue weighted by Gasteiger charge is -2.37. The van der Waals surface area contributed by atoms with E-state index in [9.17, 15) is 17.2 Å². The molecule has 16 heteroatoms. The molecule has 4 heterocycles. The van der Waals surface area contributed by atoms with Crippen LogP contribution in [0.5, 0.6) is 5.75 Å². The molecule has 52 heavy (non-hydrogen) atoms. The third-order valence-electron chi connectivity index (χ3n) is 8.48. The van der Waals surface area contributed by atoms with Crippen LogP contribution >= 0.6 is 23.3 Å². The summed E-state index contributed by atoms with van der Waals surface area (Å²) in [6.45, 7) is 9.85. The van der Waals surface area contributed by atoms with E-state index in [0.717, 1.165) is 64.8 Å². The highest BCUT2D eigenvalue weighted by Gasteiger charge is 2.23. The Labute approximate surface area is 311 Å². The number of sulfone groups is 1. The minimum Gasteiger partial charge on any atom is -0.494 e. The number of ether oxygens (including phenoxy) is 1. The maximum atomic E-state index is 14.2. The van der Waals surface area contributed by atoms with E-state index >= 15 is 0 Å². The Morgan fingerprint density at radius 1 is 1.04 bits per heavy atom. The Morgan fingerprint density at radius 2 is 1.79 bits per heavy atom. The first-order valence-corrected chi connectivity index (χ1v) is 20.3. The van der Waals surface area contributed by atoms with Crippen LogP contribution in [0.1, 0.15) is 30.3 Å². The summed E-state index contributed by atoms with van der Waals surface area (Å²) >= 11 is 2.38. The Balaban J connectivity index is 1.22. The SMILES string of the molecule is COc1cc(N2CCN(CCS(C)(=O)=O)CC2)c(C)cc1Nc1nccc(-c2sc(C(C)C)nc2-c2cncc(NSc3c(F)cccc3F)c2)n1. The van der Waals surface area contributed by atoms with E-state index in [0.29, 0.717) is 41.0 Å². The topological polar surface area (TPSA) is 125 Å². The molecular weight excluding hydrogens is 727 g/mol. The highest BCUT2D eigenvalue weighted by Crippen LogP contribution is 2.40. The van der Waals surface area contributed by atoms with Crippen molar-refractivity contribution in [3.63, 3.8) is 0 Å². The number of aromatic nitrogens is 4. The Bertz CT molecular complexity index is 2140. The smallest absolute Gasteiger partial charge is 0.227 e. The molecular formula is C36H40F2N8O3S3. The molecule has 6 rings (SSSR count). The van der Waals surface area contributed by atoms with E-state index in [4.69, 9.17) is 14.7 Å². The van der Waals surface area contributed by atoms with Crippen molar-refractivity contribution in [1.29, 1.82) is 0 Å². The van der Waals surface area contributed by atoms with Gasteiger partial charge >= 0.3 is 0 Å². The standard InChI is InChI=1S/C36H40F2N8O3S3/c1-22(2)35-43-32(24-18-25(21-39-20-24)44-51-33-26(37)7-6-8-27(33)38)34(50-35)28-9-10-40-36(41-28)42-29-17-23(3)30(19-31(29)49-4)46-13-11-45(12-14-46)15-16-52(5,47)48/h6-10,17-22,44H,11-16H2,1-5H3,(H,40,41,42).